The maximum Gasteiger partial charge on any atom is 0.407 e. The van der Waals surface area contributed by atoms with E-state index in [1.165, 1.54) is 5.56 Å². The van der Waals surface area contributed by atoms with Crippen molar-refractivity contribution < 1.29 is 14.3 Å². The van der Waals surface area contributed by atoms with E-state index < -0.39 is 5.60 Å². The number of aromatic nitrogens is 2. The number of nitrogens with zero attached hydrogens (tertiary/aromatic N) is 3. The maximum atomic E-state index is 12.3. The van der Waals surface area contributed by atoms with E-state index in [-0.39, 0.29) is 12.1 Å². The first kappa shape index (κ1) is 22.0. The van der Waals surface area contributed by atoms with E-state index in [2.05, 4.69) is 33.0 Å². The molecule has 0 saturated carbocycles. The molecule has 170 valence electrons. The number of carbonyl (C=O) groups is 1. The van der Waals surface area contributed by atoms with Gasteiger partial charge in [-0.05, 0) is 63.4 Å². The summed E-state index contributed by atoms with van der Waals surface area (Å²) in [7, 11) is 1.68. The van der Waals surface area contributed by atoms with Crippen molar-refractivity contribution in [2.24, 2.45) is 0 Å². The monoisotopic (exact) mass is 436 g/mol. The number of amides is 1. The number of alkyl carbamates (subject to hydrolysis) is 1. The predicted molar refractivity (Wildman–Crippen MR) is 126 cm³/mol. The number of methoxy groups -OCH3 is 1. The number of carbonyl (C=O) groups excluding carboxylic acids is 1. The maximum absolute atomic E-state index is 12.3. The summed E-state index contributed by atoms with van der Waals surface area (Å²) in [6.07, 6.45) is 1.54. The van der Waals surface area contributed by atoms with Gasteiger partial charge in [-0.2, -0.15) is 0 Å². The van der Waals surface area contributed by atoms with Crippen molar-refractivity contribution in [2.45, 2.75) is 51.8 Å². The van der Waals surface area contributed by atoms with Gasteiger partial charge in [0.2, 0.25) is 5.95 Å². The average molecular weight is 437 g/mol. The van der Waals surface area contributed by atoms with Crippen LogP contribution in [0.15, 0.2) is 48.5 Å². The van der Waals surface area contributed by atoms with Gasteiger partial charge in [0.25, 0.3) is 0 Å². The summed E-state index contributed by atoms with van der Waals surface area (Å²) >= 11 is 0. The quantitative estimate of drug-likeness (QED) is 0.634. The molecule has 2 heterocycles. The Hall–Kier alpha value is -3.22. The molecule has 1 N–H and O–H groups in total. The molecule has 32 heavy (non-hydrogen) atoms. The zero-order valence-corrected chi connectivity index (χ0v) is 19.3. The van der Waals surface area contributed by atoms with Gasteiger partial charge in [-0.1, -0.05) is 24.3 Å². The lowest BCUT2D eigenvalue weighted by Gasteiger charge is -2.34. The zero-order chi connectivity index (χ0) is 22.7. The normalized spacial score (nSPS) is 16.8. The van der Waals surface area contributed by atoms with Gasteiger partial charge in [-0.3, -0.25) is 0 Å². The van der Waals surface area contributed by atoms with Crippen LogP contribution in [0.4, 0.5) is 10.7 Å². The van der Waals surface area contributed by atoms with E-state index in [0.29, 0.717) is 13.1 Å². The first-order valence-corrected chi connectivity index (χ1v) is 11.1. The number of rotatable bonds is 5. The molecule has 0 unspecified atom stereocenters. The third-order valence-electron chi connectivity index (χ3n) is 5.56. The van der Waals surface area contributed by atoms with E-state index in [0.717, 1.165) is 42.1 Å². The van der Waals surface area contributed by atoms with Crippen LogP contribution in [-0.4, -0.2) is 47.5 Å². The van der Waals surface area contributed by atoms with Crippen LogP contribution < -0.4 is 15.0 Å². The van der Waals surface area contributed by atoms with Crippen molar-refractivity contribution in [2.75, 3.05) is 25.1 Å². The highest BCUT2D eigenvalue weighted by atomic mass is 16.6. The summed E-state index contributed by atoms with van der Waals surface area (Å²) < 4.78 is 13.0. The Morgan fingerprint density at radius 1 is 1.16 bits per heavy atom. The lowest BCUT2D eigenvalue weighted by molar-refractivity contribution is 0.0500. The molecule has 1 atom stereocenters. The van der Waals surface area contributed by atoms with Crippen LogP contribution in [0.2, 0.25) is 0 Å². The summed E-state index contributed by atoms with van der Waals surface area (Å²) in [6.45, 7) is 7.94. The van der Waals surface area contributed by atoms with Gasteiger partial charge in [0.05, 0.1) is 24.7 Å². The van der Waals surface area contributed by atoms with E-state index in [4.69, 9.17) is 14.5 Å². The summed E-state index contributed by atoms with van der Waals surface area (Å²) in [6, 6.07) is 16.4. The minimum absolute atomic E-state index is 0.0212. The smallest absolute Gasteiger partial charge is 0.407 e. The highest BCUT2D eigenvalue weighted by Crippen LogP contribution is 2.27. The Morgan fingerprint density at radius 2 is 1.91 bits per heavy atom. The van der Waals surface area contributed by atoms with Crippen molar-refractivity contribution in [3.8, 4) is 5.75 Å². The zero-order valence-electron chi connectivity index (χ0n) is 19.3. The number of imidazole rings is 1. The van der Waals surface area contributed by atoms with Gasteiger partial charge in [-0.15, -0.1) is 0 Å². The second-order valence-electron chi connectivity index (χ2n) is 9.27. The van der Waals surface area contributed by atoms with Gasteiger partial charge in [0.1, 0.15) is 11.4 Å². The molecular formula is C25H32N4O3. The Kier molecular flexibility index (Phi) is 6.26. The molecule has 7 nitrogen and oxygen atoms in total. The molecule has 7 heteroatoms. The van der Waals surface area contributed by atoms with E-state index in [1.807, 2.05) is 51.1 Å². The molecule has 1 aliphatic heterocycles. The second kappa shape index (κ2) is 9.10. The van der Waals surface area contributed by atoms with Gasteiger partial charge in [-0.25, -0.2) is 9.78 Å². The largest absolute Gasteiger partial charge is 0.497 e. The van der Waals surface area contributed by atoms with Gasteiger partial charge in [0, 0.05) is 19.1 Å². The van der Waals surface area contributed by atoms with E-state index in [1.54, 1.807) is 7.11 Å². The molecule has 3 aromatic rings. The molecule has 0 radical (unpaired) electrons. The highest BCUT2D eigenvalue weighted by Gasteiger charge is 2.27. The number of nitrogens with one attached hydrogen (secondary N) is 1. The number of fused-ring (bicyclic) bond motifs is 1. The highest BCUT2D eigenvalue weighted by molar-refractivity contribution is 5.79. The summed E-state index contributed by atoms with van der Waals surface area (Å²) in [4.78, 5) is 19.5. The van der Waals surface area contributed by atoms with Crippen molar-refractivity contribution >= 4 is 23.1 Å². The number of piperidine rings is 1. The van der Waals surface area contributed by atoms with E-state index >= 15 is 0 Å². The van der Waals surface area contributed by atoms with E-state index in [9.17, 15) is 4.79 Å². The lowest BCUT2D eigenvalue weighted by atomic mass is 10.1. The number of hydrogen-bond acceptors (Lipinski definition) is 5. The SMILES string of the molecule is COc1ccc(Cn2c(N3CCC[C@@H](NC(=O)OC(C)(C)C)C3)nc3ccccc32)cc1. The van der Waals surface area contributed by atoms with Crippen molar-refractivity contribution in [3.63, 3.8) is 0 Å². The standard InChI is InChI=1S/C25H32N4O3/c1-25(2,3)32-24(30)26-19-8-7-15-28(17-19)23-27-21-9-5-6-10-22(21)29(23)16-18-11-13-20(31-4)14-12-18/h5-6,9-14,19H,7-8,15-17H2,1-4H3,(H,26,30)/t19-/m1/s1. The summed E-state index contributed by atoms with van der Waals surface area (Å²) in [5.74, 6) is 1.77. The van der Waals surface area contributed by atoms with Crippen molar-refractivity contribution in [3.05, 3.63) is 54.1 Å². The summed E-state index contributed by atoms with van der Waals surface area (Å²) in [5.41, 5.74) is 2.74. The number of para-hydroxylation sites is 2. The molecule has 1 aliphatic rings. The molecule has 1 aromatic heterocycles. The fraction of sp³-hybridized carbons (Fsp3) is 0.440. The number of hydrogen-bond donors (Lipinski definition) is 1. The third kappa shape index (κ3) is 5.15. The fourth-order valence-electron chi connectivity index (χ4n) is 4.12. The Balaban J connectivity index is 1.57. The fourth-order valence-corrected chi connectivity index (χ4v) is 4.12. The molecule has 1 fully saturated rings. The predicted octanol–water partition coefficient (Wildman–Crippen LogP) is 4.59. The molecular weight excluding hydrogens is 404 g/mol. The molecule has 1 saturated heterocycles. The molecule has 4 rings (SSSR count). The van der Waals surface area contributed by atoms with Crippen molar-refractivity contribution in [1.29, 1.82) is 0 Å². The molecule has 2 aromatic carbocycles. The minimum Gasteiger partial charge on any atom is -0.497 e. The second-order valence-corrected chi connectivity index (χ2v) is 9.27. The third-order valence-corrected chi connectivity index (χ3v) is 5.56. The molecule has 1 amide bonds. The number of ether oxygens (including phenoxy) is 2. The summed E-state index contributed by atoms with van der Waals surface area (Å²) in [5, 5.41) is 3.04. The minimum atomic E-state index is -0.509. The molecule has 0 aliphatic carbocycles. The average Bonchev–Trinajstić information content (AvgIpc) is 3.11. The molecule has 0 bridgehead atoms. The Morgan fingerprint density at radius 3 is 2.62 bits per heavy atom. The van der Waals surface area contributed by atoms with Crippen molar-refractivity contribution in [1.82, 2.24) is 14.9 Å². The Labute approximate surface area is 189 Å². The van der Waals surface area contributed by atoms with Crippen LogP contribution in [0.5, 0.6) is 5.75 Å². The lowest BCUT2D eigenvalue weighted by Crippen LogP contribution is -2.49. The first-order chi connectivity index (χ1) is 15.3. The van der Waals surface area contributed by atoms with Crippen LogP contribution in [0.3, 0.4) is 0 Å². The van der Waals surface area contributed by atoms with Crippen LogP contribution in [0, 0.1) is 0 Å². The number of anilines is 1. The van der Waals surface area contributed by atoms with Crippen LogP contribution in [-0.2, 0) is 11.3 Å². The van der Waals surface area contributed by atoms with Crippen LogP contribution in [0.25, 0.3) is 11.0 Å². The van der Waals surface area contributed by atoms with Gasteiger partial charge < -0.3 is 24.3 Å². The van der Waals surface area contributed by atoms with Crippen LogP contribution >= 0.6 is 0 Å². The van der Waals surface area contributed by atoms with Gasteiger partial charge >= 0.3 is 6.09 Å². The Bertz CT molecular complexity index is 1070. The van der Waals surface area contributed by atoms with Gasteiger partial charge in [0.15, 0.2) is 0 Å². The topological polar surface area (TPSA) is 68.6 Å². The molecule has 0 spiro atoms. The van der Waals surface area contributed by atoms with Crippen LogP contribution in [0.1, 0.15) is 39.2 Å². The first-order valence-electron chi connectivity index (χ1n) is 11.1. The number of benzene rings is 2.